The van der Waals surface area contributed by atoms with Crippen molar-refractivity contribution in [1.29, 1.82) is 0 Å². The fourth-order valence-electron chi connectivity index (χ4n) is 2.54. The minimum absolute atomic E-state index is 0.708. The molecule has 3 rings (SSSR count). The minimum atomic E-state index is 0.708. The summed E-state index contributed by atoms with van der Waals surface area (Å²) >= 11 is 5.86. The number of H-pyrrole nitrogens is 1. The zero-order chi connectivity index (χ0) is 13.1. The van der Waals surface area contributed by atoms with Crippen LogP contribution in [0.4, 0.5) is 0 Å². The van der Waals surface area contributed by atoms with Gasteiger partial charge in [0.15, 0.2) is 0 Å². The van der Waals surface area contributed by atoms with E-state index < -0.39 is 0 Å². The first-order valence-corrected chi connectivity index (χ1v) is 7.14. The Hall–Kier alpha value is -1.32. The molecule has 0 radical (unpaired) electrons. The normalized spacial score (nSPS) is 21.5. The quantitative estimate of drug-likeness (QED) is 0.794. The number of aromatic amines is 1. The lowest BCUT2D eigenvalue weighted by molar-refractivity contribution is 0.602. The van der Waals surface area contributed by atoms with E-state index in [9.17, 15) is 0 Å². The number of nitrogens with zero attached hydrogens (tertiary/aromatic N) is 1. The third-order valence-corrected chi connectivity index (χ3v) is 4.03. The highest BCUT2D eigenvalue weighted by Crippen LogP contribution is 2.48. The van der Waals surface area contributed by atoms with Gasteiger partial charge in [-0.3, -0.25) is 0 Å². The van der Waals surface area contributed by atoms with Crippen LogP contribution in [0, 0.1) is 5.92 Å². The van der Waals surface area contributed by atoms with Gasteiger partial charge in [0.05, 0.1) is 6.33 Å². The van der Waals surface area contributed by atoms with Crippen LogP contribution >= 0.6 is 11.6 Å². The van der Waals surface area contributed by atoms with Gasteiger partial charge in [-0.15, -0.1) is 0 Å². The summed E-state index contributed by atoms with van der Waals surface area (Å²) in [5.41, 5.74) is 2.58. The molecule has 0 spiro atoms. The van der Waals surface area contributed by atoms with E-state index in [-0.39, 0.29) is 0 Å². The first kappa shape index (κ1) is 12.7. The third-order valence-electron chi connectivity index (χ3n) is 3.78. The topological polar surface area (TPSA) is 40.7 Å². The van der Waals surface area contributed by atoms with Crippen LogP contribution in [0.1, 0.15) is 30.0 Å². The van der Waals surface area contributed by atoms with Gasteiger partial charge in [0, 0.05) is 29.4 Å². The average Bonchev–Trinajstić information content (AvgIpc) is 2.98. The van der Waals surface area contributed by atoms with Crippen LogP contribution in [-0.2, 0) is 6.54 Å². The SMILES string of the molecule is Clc1ccc(CNCC[C@@H]2C[C@@H]2c2cnc[nH]2)cc1. The van der Waals surface area contributed by atoms with Crippen LogP contribution in [0.15, 0.2) is 36.8 Å². The van der Waals surface area contributed by atoms with E-state index in [0.29, 0.717) is 5.92 Å². The van der Waals surface area contributed by atoms with Crippen molar-refractivity contribution < 1.29 is 0 Å². The fraction of sp³-hybridized carbons (Fsp3) is 0.400. The molecule has 0 amide bonds. The van der Waals surface area contributed by atoms with E-state index in [1.165, 1.54) is 24.1 Å². The Bertz CT molecular complexity index is 507. The highest BCUT2D eigenvalue weighted by Gasteiger charge is 2.38. The molecule has 2 aromatic rings. The van der Waals surface area contributed by atoms with E-state index >= 15 is 0 Å². The summed E-state index contributed by atoms with van der Waals surface area (Å²) in [5, 5.41) is 4.28. The van der Waals surface area contributed by atoms with Crippen molar-refractivity contribution in [3.05, 3.63) is 53.1 Å². The van der Waals surface area contributed by atoms with Crippen LogP contribution in [0.5, 0.6) is 0 Å². The maximum absolute atomic E-state index is 5.86. The second-order valence-corrected chi connectivity index (χ2v) is 5.64. The molecular weight excluding hydrogens is 258 g/mol. The molecule has 2 atom stereocenters. The van der Waals surface area contributed by atoms with E-state index in [1.807, 2.05) is 18.3 Å². The van der Waals surface area contributed by atoms with Crippen molar-refractivity contribution in [1.82, 2.24) is 15.3 Å². The zero-order valence-electron chi connectivity index (χ0n) is 10.8. The lowest BCUT2D eigenvalue weighted by Crippen LogP contribution is -2.15. The number of imidazole rings is 1. The van der Waals surface area contributed by atoms with Crippen molar-refractivity contribution >= 4 is 11.6 Å². The maximum Gasteiger partial charge on any atom is 0.0921 e. The highest BCUT2D eigenvalue weighted by molar-refractivity contribution is 6.30. The molecule has 1 aromatic heterocycles. The molecule has 1 aromatic carbocycles. The van der Waals surface area contributed by atoms with Crippen molar-refractivity contribution in [3.63, 3.8) is 0 Å². The fourth-order valence-corrected chi connectivity index (χ4v) is 2.67. The number of hydrogen-bond acceptors (Lipinski definition) is 2. The first-order chi connectivity index (χ1) is 9.33. The largest absolute Gasteiger partial charge is 0.348 e. The average molecular weight is 276 g/mol. The molecule has 1 aliphatic rings. The van der Waals surface area contributed by atoms with Crippen molar-refractivity contribution in [2.24, 2.45) is 5.92 Å². The van der Waals surface area contributed by atoms with Gasteiger partial charge < -0.3 is 10.3 Å². The van der Waals surface area contributed by atoms with Crippen molar-refractivity contribution in [2.75, 3.05) is 6.54 Å². The Morgan fingerprint density at radius 2 is 2.16 bits per heavy atom. The maximum atomic E-state index is 5.86. The summed E-state index contributed by atoms with van der Waals surface area (Å²) in [6.07, 6.45) is 6.25. The van der Waals surface area contributed by atoms with Crippen molar-refractivity contribution in [3.8, 4) is 0 Å². The number of rotatable bonds is 6. The van der Waals surface area contributed by atoms with Crippen LogP contribution < -0.4 is 5.32 Å². The van der Waals surface area contributed by atoms with E-state index in [0.717, 1.165) is 24.0 Å². The van der Waals surface area contributed by atoms with Gasteiger partial charge in [-0.05, 0) is 43.0 Å². The zero-order valence-corrected chi connectivity index (χ0v) is 11.5. The van der Waals surface area contributed by atoms with Gasteiger partial charge in [0.25, 0.3) is 0 Å². The summed E-state index contributed by atoms with van der Waals surface area (Å²) in [7, 11) is 0. The molecule has 1 aliphatic carbocycles. The molecule has 1 saturated carbocycles. The Labute approximate surface area is 118 Å². The highest BCUT2D eigenvalue weighted by atomic mass is 35.5. The second kappa shape index (κ2) is 5.76. The number of halogens is 1. The molecule has 0 aliphatic heterocycles. The molecule has 0 bridgehead atoms. The Balaban J connectivity index is 1.35. The number of benzene rings is 1. The summed E-state index contributed by atoms with van der Waals surface area (Å²) in [6.45, 7) is 1.98. The molecule has 0 unspecified atom stereocenters. The Morgan fingerprint density at radius 3 is 2.89 bits per heavy atom. The molecule has 1 fully saturated rings. The van der Waals surface area contributed by atoms with Gasteiger partial charge in [0.2, 0.25) is 0 Å². The molecular formula is C15H18ClN3. The van der Waals surface area contributed by atoms with Gasteiger partial charge in [-0.1, -0.05) is 23.7 Å². The van der Waals surface area contributed by atoms with Gasteiger partial charge in [-0.2, -0.15) is 0 Å². The summed E-state index contributed by atoms with van der Waals surface area (Å²) in [4.78, 5) is 7.29. The van der Waals surface area contributed by atoms with Gasteiger partial charge in [-0.25, -0.2) is 4.98 Å². The monoisotopic (exact) mass is 275 g/mol. The van der Waals surface area contributed by atoms with Gasteiger partial charge in [0.1, 0.15) is 0 Å². The van der Waals surface area contributed by atoms with Crippen LogP contribution in [0.2, 0.25) is 5.02 Å². The molecule has 3 nitrogen and oxygen atoms in total. The molecule has 1 heterocycles. The number of nitrogens with one attached hydrogen (secondary N) is 2. The molecule has 100 valence electrons. The third kappa shape index (κ3) is 3.37. The first-order valence-electron chi connectivity index (χ1n) is 6.76. The molecule has 19 heavy (non-hydrogen) atoms. The number of hydrogen-bond donors (Lipinski definition) is 2. The lowest BCUT2D eigenvalue weighted by atomic mass is 10.2. The summed E-state index contributed by atoms with van der Waals surface area (Å²) in [6, 6.07) is 8.02. The minimum Gasteiger partial charge on any atom is -0.348 e. The van der Waals surface area contributed by atoms with E-state index in [1.54, 1.807) is 6.33 Å². The summed E-state index contributed by atoms with van der Waals surface area (Å²) < 4.78 is 0. The van der Waals surface area contributed by atoms with E-state index in [2.05, 4.69) is 27.4 Å². The summed E-state index contributed by atoms with van der Waals surface area (Å²) in [5.74, 6) is 1.53. The van der Waals surface area contributed by atoms with Crippen molar-refractivity contribution in [2.45, 2.75) is 25.3 Å². The van der Waals surface area contributed by atoms with Crippen LogP contribution in [0.3, 0.4) is 0 Å². The number of aromatic nitrogens is 2. The Morgan fingerprint density at radius 1 is 1.32 bits per heavy atom. The molecule has 0 saturated heterocycles. The standard InChI is InChI=1S/C15H18ClN3/c16-13-3-1-11(2-4-13)8-17-6-5-12-7-14(12)15-9-18-10-19-15/h1-4,9-10,12,14,17H,5-8H2,(H,18,19)/t12-,14+/m1/s1. The van der Waals surface area contributed by atoms with E-state index in [4.69, 9.17) is 11.6 Å². The van der Waals surface area contributed by atoms with Gasteiger partial charge >= 0.3 is 0 Å². The van der Waals surface area contributed by atoms with Crippen LogP contribution in [-0.4, -0.2) is 16.5 Å². The molecule has 2 N–H and O–H groups in total. The lowest BCUT2D eigenvalue weighted by Gasteiger charge is -2.04. The predicted molar refractivity (Wildman–Crippen MR) is 77.2 cm³/mol. The van der Waals surface area contributed by atoms with Crippen LogP contribution in [0.25, 0.3) is 0 Å². The smallest absolute Gasteiger partial charge is 0.0921 e. The molecule has 4 heteroatoms. The Kier molecular flexibility index (Phi) is 3.85. The second-order valence-electron chi connectivity index (χ2n) is 5.20. The predicted octanol–water partition coefficient (Wildman–Crippen LogP) is 3.35.